The SMILES string of the molecule is Cc1cc(F)cc(C(=O)NC[C@@H](NC(=O)OC(C)(C)C)C(=O)OC(C)(C)C)c1. The lowest BCUT2D eigenvalue weighted by Crippen LogP contribution is -2.51. The molecule has 0 aliphatic rings. The highest BCUT2D eigenvalue weighted by molar-refractivity contribution is 5.95. The molecule has 0 saturated heterocycles. The Bertz CT molecular complexity index is 715. The molecule has 1 aromatic carbocycles. The molecule has 0 bridgehead atoms. The van der Waals surface area contributed by atoms with E-state index < -0.39 is 41.0 Å². The number of esters is 1. The van der Waals surface area contributed by atoms with Crippen LogP contribution in [0.5, 0.6) is 0 Å². The monoisotopic (exact) mass is 396 g/mol. The van der Waals surface area contributed by atoms with E-state index in [2.05, 4.69) is 10.6 Å². The Morgan fingerprint density at radius 1 is 1.00 bits per heavy atom. The van der Waals surface area contributed by atoms with E-state index in [-0.39, 0.29) is 12.1 Å². The first-order valence-corrected chi connectivity index (χ1v) is 8.94. The van der Waals surface area contributed by atoms with Gasteiger partial charge >= 0.3 is 12.1 Å². The molecule has 0 heterocycles. The van der Waals surface area contributed by atoms with Crippen molar-refractivity contribution in [1.82, 2.24) is 10.6 Å². The van der Waals surface area contributed by atoms with Crippen LogP contribution in [-0.4, -0.2) is 41.8 Å². The molecular weight excluding hydrogens is 367 g/mol. The number of nitrogens with one attached hydrogen (secondary N) is 2. The first-order chi connectivity index (χ1) is 12.7. The number of ether oxygens (including phenoxy) is 2. The number of amides is 2. The van der Waals surface area contributed by atoms with Gasteiger partial charge in [-0.05, 0) is 72.2 Å². The Morgan fingerprint density at radius 3 is 2.07 bits per heavy atom. The first-order valence-electron chi connectivity index (χ1n) is 8.94. The molecule has 2 amide bonds. The fourth-order valence-corrected chi connectivity index (χ4v) is 2.18. The molecule has 0 spiro atoms. The van der Waals surface area contributed by atoms with E-state index in [9.17, 15) is 18.8 Å². The molecule has 0 saturated carbocycles. The number of rotatable bonds is 5. The van der Waals surface area contributed by atoms with E-state index in [1.54, 1.807) is 48.5 Å². The van der Waals surface area contributed by atoms with Gasteiger partial charge in [0.05, 0.1) is 0 Å². The van der Waals surface area contributed by atoms with Gasteiger partial charge in [0.15, 0.2) is 0 Å². The quantitative estimate of drug-likeness (QED) is 0.746. The molecule has 0 aromatic heterocycles. The van der Waals surface area contributed by atoms with Gasteiger partial charge in [-0.3, -0.25) is 4.79 Å². The minimum absolute atomic E-state index is 0.109. The highest BCUT2D eigenvalue weighted by Gasteiger charge is 2.29. The van der Waals surface area contributed by atoms with Gasteiger partial charge in [0, 0.05) is 12.1 Å². The van der Waals surface area contributed by atoms with Gasteiger partial charge in [0.1, 0.15) is 23.1 Å². The van der Waals surface area contributed by atoms with Crippen LogP contribution in [0.3, 0.4) is 0 Å². The number of carbonyl (C=O) groups is 3. The van der Waals surface area contributed by atoms with Gasteiger partial charge in [-0.25, -0.2) is 14.0 Å². The summed E-state index contributed by atoms with van der Waals surface area (Å²) >= 11 is 0. The van der Waals surface area contributed by atoms with Crippen LogP contribution in [0.25, 0.3) is 0 Å². The molecule has 156 valence electrons. The molecule has 0 aliphatic carbocycles. The summed E-state index contributed by atoms with van der Waals surface area (Å²) in [4.78, 5) is 36.8. The van der Waals surface area contributed by atoms with Crippen LogP contribution in [0.1, 0.15) is 57.5 Å². The molecule has 8 heteroatoms. The van der Waals surface area contributed by atoms with Crippen molar-refractivity contribution in [3.8, 4) is 0 Å². The summed E-state index contributed by atoms with van der Waals surface area (Å²) in [6.45, 7) is 11.5. The minimum atomic E-state index is -1.17. The maximum Gasteiger partial charge on any atom is 0.408 e. The third kappa shape index (κ3) is 8.83. The van der Waals surface area contributed by atoms with E-state index >= 15 is 0 Å². The number of alkyl carbamates (subject to hydrolysis) is 1. The lowest BCUT2D eigenvalue weighted by atomic mass is 10.1. The Hall–Kier alpha value is -2.64. The zero-order chi connectivity index (χ0) is 21.7. The van der Waals surface area contributed by atoms with Gasteiger partial charge in [0.2, 0.25) is 0 Å². The number of benzene rings is 1. The highest BCUT2D eigenvalue weighted by atomic mass is 19.1. The number of carbonyl (C=O) groups excluding carboxylic acids is 3. The second-order valence-corrected chi connectivity index (χ2v) is 8.46. The normalized spacial score (nSPS) is 12.7. The summed E-state index contributed by atoms with van der Waals surface area (Å²) in [5, 5.41) is 4.91. The summed E-state index contributed by atoms with van der Waals surface area (Å²) in [5.74, 6) is -1.85. The van der Waals surface area contributed by atoms with Crippen molar-refractivity contribution >= 4 is 18.0 Å². The molecule has 0 unspecified atom stereocenters. The summed E-state index contributed by atoms with van der Waals surface area (Å²) in [6.07, 6.45) is -0.820. The zero-order valence-corrected chi connectivity index (χ0v) is 17.4. The van der Waals surface area contributed by atoms with Crippen LogP contribution < -0.4 is 10.6 Å². The summed E-state index contributed by atoms with van der Waals surface area (Å²) < 4.78 is 23.9. The van der Waals surface area contributed by atoms with E-state index in [1.807, 2.05) is 0 Å². The van der Waals surface area contributed by atoms with Crippen LogP contribution >= 0.6 is 0 Å². The van der Waals surface area contributed by atoms with Gasteiger partial charge in [-0.15, -0.1) is 0 Å². The summed E-state index contributed by atoms with van der Waals surface area (Å²) in [6, 6.07) is 2.73. The average molecular weight is 396 g/mol. The molecular formula is C20H29FN2O5. The van der Waals surface area contributed by atoms with Gasteiger partial charge in [0.25, 0.3) is 5.91 Å². The summed E-state index contributed by atoms with van der Waals surface area (Å²) in [5.41, 5.74) is -0.849. The Morgan fingerprint density at radius 2 is 1.57 bits per heavy atom. The van der Waals surface area contributed by atoms with Gasteiger partial charge in [-0.2, -0.15) is 0 Å². The number of halogens is 1. The molecule has 1 aromatic rings. The van der Waals surface area contributed by atoms with Crippen molar-refractivity contribution in [3.05, 3.63) is 35.1 Å². The maximum atomic E-state index is 13.5. The third-order valence-corrected chi connectivity index (χ3v) is 3.15. The lowest BCUT2D eigenvalue weighted by molar-refractivity contribution is -0.157. The Kier molecular flexibility index (Phi) is 7.55. The Labute approximate surface area is 165 Å². The number of aryl methyl sites for hydroxylation is 1. The van der Waals surface area contributed by atoms with E-state index in [4.69, 9.17) is 9.47 Å². The predicted molar refractivity (Wildman–Crippen MR) is 102 cm³/mol. The molecule has 1 atom stereocenters. The zero-order valence-electron chi connectivity index (χ0n) is 17.4. The van der Waals surface area contributed by atoms with Crippen molar-refractivity contribution in [2.24, 2.45) is 0 Å². The van der Waals surface area contributed by atoms with Crippen LogP contribution in [0, 0.1) is 12.7 Å². The largest absolute Gasteiger partial charge is 0.458 e. The summed E-state index contributed by atoms with van der Waals surface area (Å²) in [7, 11) is 0. The van der Waals surface area contributed by atoms with Crippen molar-refractivity contribution < 1.29 is 28.2 Å². The van der Waals surface area contributed by atoms with Crippen LogP contribution in [0.4, 0.5) is 9.18 Å². The third-order valence-electron chi connectivity index (χ3n) is 3.15. The predicted octanol–water partition coefficient (Wildman–Crippen LogP) is 3.10. The molecule has 28 heavy (non-hydrogen) atoms. The van der Waals surface area contributed by atoms with Crippen molar-refractivity contribution in [3.63, 3.8) is 0 Å². The van der Waals surface area contributed by atoms with E-state index in [1.165, 1.54) is 12.1 Å². The maximum absolute atomic E-state index is 13.5. The standard InChI is InChI=1S/C20H29FN2O5/c1-12-8-13(10-14(21)9-12)16(24)22-11-15(17(25)27-19(2,3)4)23-18(26)28-20(5,6)7/h8-10,15H,11H2,1-7H3,(H,22,24)(H,23,26)/t15-/m1/s1. The van der Waals surface area contributed by atoms with Crippen LogP contribution in [0.2, 0.25) is 0 Å². The molecule has 0 radical (unpaired) electrons. The fourth-order valence-electron chi connectivity index (χ4n) is 2.18. The molecule has 7 nitrogen and oxygen atoms in total. The molecule has 0 aliphatic heterocycles. The first kappa shape index (κ1) is 23.4. The van der Waals surface area contributed by atoms with Gasteiger partial charge in [-0.1, -0.05) is 0 Å². The van der Waals surface area contributed by atoms with Gasteiger partial charge < -0.3 is 20.1 Å². The van der Waals surface area contributed by atoms with Crippen molar-refractivity contribution in [2.45, 2.75) is 65.7 Å². The van der Waals surface area contributed by atoms with Crippen LogP contribution in [-0.2, 0) is 14.3 Å². The molecule has 1 rings (SSSR count). The second kappa shape index (κ2) is 9.03. The average Bonchev–Trinajstić information content (AvgIpc) is 2.46. The topological polar surface area (TPSA) is 93.7 Å². The smallest absolute Gasteiger partial charge is 0.408 e. The van der Waals surface area contributed by atoms with Crippen molar-refractivity contribution in [1.29, 1.82) is 0 Å². The Balaban J connectivity index is 2.87. The molecule has 0 fully saturated rings. The second-order valence-electron chi connectivity index (χ2n) is 8.46. The van der Waals surface area contributed by atoms with Crippen LogP contribution in [0.15, 0.2) is 18.2 Å². The molecule has 2 N–H and O–H groups in total. The highest BCUT2D eigenvalue weighted by Crippen LogP contribution is 2.11. The minimum Gasteiger partial charge on any atom is -0.458 e. The lowest BCUT2D eigenvalue weighted by Gasteiger charge is -2.26. The number of hydrogen-bond acceptors (Lipinski definition) is 5. The van der Waals surface area contributed by atoms with E-state index in [0.29, 0.717) is 5.56 Å². The van der Waals surface area contributed by atoms with E-state index in [0.717, 1.165) is 6.07 Å². The van der Waals surface area contributed by atoms with Crippen molar-refractivity contribution in [2.75, 3.05) is 6.54 Å². The number of hydrogen-bond donors (Lipinski definition) is 2. The fraction of sp³-hybridized carbons (Fsp3) is 0.550.